The SMILES string of the molecule is CC(=O)N[C@H]1C(OC(C)=O)[C@@H](OC(C)=O)C(COC(C)=O)O[C@H]1SC(=N)N. The molecule has 1 aliphatic heterocycles. The quantitative estimate of drug-likeness (QED) is 0.222. The van der Waals surface area contributed by atoms with E-state index in [4.69, 9.17) is 30.1 Å². The van der Waals surface area contributed by atoms with Gasteiger partial charge in [0, 0.05) is 27.7 Å². The molecule has 0 aliphatic carbocycles. The van der Waals surface area contributed by atoms with Crippen LogP contribution in [-0.4, -0.2) is 65.4 Å². The number of nitrogens with two attached hydrogens (primary N) is 1. The van der Waals surface area contributed by atoms with E-state index in [1.807, 2.05) is 0 Å². The van der Waals surface area contributed by atoms with Gasteiger partial charge in [0.25, 0.3) is 0 Å². The summed E-state index contributed by atoms with van der Waals surface area (Å²) < 4.78 is 21.2. The highest BCUT2D eigenvalue weighted by Crippen LogP contribution is 2.32. The first kappa shape index (κ1) is 22.7. The fourth-order valence-corrected chi connectivity index (χ4v) is 3.33. The number of amidine groups is 1. The maximum atomic E-state index is 11.6. The van der Waals surface area contributed by atoms with Gasteiger partial charge < -0.3 is 30.0 Å². The van der Waals surface area contributed by atoms with Crippen molar-refractivity contribution in [3.8, 4) is 0 Å². The Kier molecular flexibility index (Phi) is 8.50. The van der Waals surface area contributed by atoms with Crippen LogP contribution >= 0.6 is 11.8 Å². The lowest BCUT2D eigenvalue weighted by Crippen LogP contribution is -2.65. The second-order valence-corrected chi connectivity index (χ2v) is 6.84. The zero-order valence-corrected chi connectivity index (χ0v) is 16.2. The van der Waals surface area contributed by atoms with Crippen molar-refractivity contribution in [2.24, 2.45) is 5.73 Å². The van der Waals surface area contributed by atoms with Crippen LogP contribution in [0, 0.1) is 5.41 Å². The highest BCUT2D eigenvalue weighted by Gasteiger charge is 2.51. The van der Waals surface area contributed by atoms with Crippen molar-refractivity contribution in [3.05, 3.63) is 0 Å². The third kappa shape index (κ3) is 7.43. The van der Waals surface area contributed by atoms with Crippen molar-refractivity contribution < 1.29 is 38.1 Å². The number of amides is 1. The normalized spacial score (nSPS) is 27.2. The highest BCUT2D eigenvalue weighted by molar-refractivity contribution is 8.14. The number of rotatable bonds is 6. The Bertz CT molecular complexity index is 614. The molecule has 5 atom stereocenters. The summed E-state index contributed by atoms with van der Waals surface area (Å²) in [6, 6.07) is -0.974. The highest BCUT2D eigenvalue weighted by atomic mass is 32.2. The van der Waals surface area contributed by atoms with Gasteiger partial charge in [0.2, 0.25) is 5.91 Å². The summed E-state index contributed by atoms with van der Waals surface area (Å²) in [4.78, 5) is 45.9. The Balaban J connectivity index is 3.29. The molecule has 0 aromatic rings. The largest absolute Gasteiger partial charge is 0.463 e. The number of carbonyl (C=O) groups excluding carboxylic acids is 4. The molecule has 1 rings (SSSR count). The van der Waals surface area contributed by atoms with Gasteiger partial charge in [-0.25, -0.2) is 0 Å². The Labute approximate surface area is 160 Å². The van der Waals surface area contributed by atoms with E-state index in [1.54, 1.807) is 0 Å². The van der Waals surface area contributed by atoms with Crippen LogP contribution in [0.25, 0.3) is 0 Å². The summed E-state index contributed by atoms with van der Waals surface area (Å²) in [5.41, 5.74) is 4.47. The first-order valence-corrected chi connectivity index (χ1v) is 8.80. The molecule has 0 aromatic heterocycles. The van der Waals surface area contributed by atoms with Crippen LogP contribution < -0.4 is 11.1 Å². The van der Waals surface area contributed by atoms with Crippen molar-refractivity contribution >= 4 is 40.7 Å². The van der Waals surface area contributed by atoms with Gasteiger partial charge in [-0.05, 0) is 0 Å². The second-order valence-electron chi connectivity index (χ2n) is 5.70. The van der Waals surface area contributed by atoms with Gasteiger partial charge >= 0.3 is 17.9 Å². The molecular weight excluding hydrogens is 382 g/mol. The lowest BCUT2D eigenvalue weighted by molar-refractivity contribution is -0.211. The van der Waals surface area contributed by atoms with Gasteiger partial charge in [0.15, 0.2) is 17.4 Å². The Morgan fingerprint density at radius 2 is 1.59 bits per heavy atom. The molecule has 2 unspecified atom stereocenters. The van der Waals surface area contributed by atoms with Gasteiger partial charge in [0.05, 0.1) is 0 Å². The monoisotopic (exact) mass is 405 g/mol. The van der Waals surface area contributed by atoms with Crippen molar-refractivity contribution in [3.63, 3.8) is 0 Å². The topological polar surface area (TPSA) is 167 Å². The number of esters is 3. The van der Waals surface area contributed by atoms with E-state index in [9.17, 15) is 19.2 Å². The summed E-state index contributed by atoms with van der Waals surface area (Å²) in [6.07, 6.45) is -3.32. The van der Waals surface area contributed by atoms with E-state index in [0.717, 1.165) is 25.6 Å². The van der Waals surface area contributed by atoms with Crippen molar-refractivity contribution in [2.75, 3.05) is 6.61 Å². The van der Waals surface area contributed by atoms with Crippen LogP contribution in [0.4, 0.5) is 0 Å². The lowest BCUT2D eigenvalue weighted by Gasteiger charge is -2.44. The molecule has 27 heavy (non-hydrogen) atoms. The molecule has 0 saturated carbocycles. The predicted octanol–water partition coefficient (Wildman–Crippen LogP) is -0.731. The summed E-state index contributed by atoms with van der Waals surface area (Å²) in [6.45, 7) is 4.44. The molecule has 0 bridgehead atoms. The molecule has 4 N–H and O–H groups in total. The first-order valence-electron chi connectivity index (χ1n) is 7.92. The van der Waals surface area contributed by atoms with Crippen LogP contribution in [0.1, 0.15) is 27.7 Å². The Morgan fingerprint density at radius 1 is 1.04 bits per heavy atom. The molecule has 1 aliphatic rings. The van der Waals surface area contributed by atoms with Gasteiger partial charge in [-0.2, -0.15) is 0 Å². The molecule has 0 aromatic carbocycles. The number of ether oxygens (including phenoxy) is 4. The number of thioether (sulfide) groups is 1. The minimum atomic E-state index is -1.16. The van der Waals surface area contributed by atoms with E-state index in [-0.39, 0.29) is 11.8 Å². The zero-order chi connectivity index (χ0) is 20.7. The maximum absolute atomic E-state index is 11.6. The lowest BCUT2D eigenvalue weighted by atomic mass is 9.97. The molecular formula is C15H23N3O8S. The molecule has 1 saturated heterocycles. The minimum absolute atomic E-state index is 0.299. The minimum Gasteiger partial charge on any atom is -0.463 e. The van der Waals surface area contributed by atoms with E-state index >= 15 is 0 Å². The van der Waals surface area contributed by atoms with Gasteiger partial charge in [-0.3, -0.25) is 24.6 Å². The summed E-state index contributed by atoms with van der Waals surface area (Å²) in [5, 5.41) is 9.74. The molecule has 12 heteroatoms. The smallest absolute Gasteiger partial charge is 0.303 e. The van der Waals surface area contributed by atoms with Gasteiger partial charge in [-0.15, -0.1) is 0 Å². The summed E-state index contributed by atoms with van der Waals surface area (Å²) in [5.74, 6) is -2.43. The van der Waals surface area contributed by atoms with Crippen LogP contribution in [0.15, 0.2) is 0 Å². The van der Waals surface area contributed by atoms with Crippen molar-refractivity contribution in [2.45, 2.75) is 57.5 Å². The van der Waals surface area contributed by atoms with Crippen molar-refractivity contribution in [1.82, 2.24) is 5.32 Å². The van der Waals surface area contributed by atoms with E-state index in [0.29, 0.717) is 0 Å². The standard InChI is InChI=1S/C15H23N3O8S/c1-6(19)18-11-13(25-9(4)22)12(24-8(3)21)10(5-23-7(2)20)26-14(11)27-15(16)17/h10-14H,5H2,1-4H3,(H3,16,17)(H,18,19)/t10?,11-,12-,13?,14-/m0/s1. The third-order valence-corrected chi connectivity index (χ3v) is 4.20. The number of nitrogens with one attached hydrogen (secondary N) is 2. The van der Waals surface area contributed by atoms with E-state index < -0.39 is 53.6 Å². The molecule has 1 amide bonds. The van der Waals surface area contributed by atoms with Crippen LogP contribution in [0.5, 0.6) is 0 Å². The van der Waals surface area contributed by atoms with Crippen LogP contribution in [0.2, 0.25) is 0 Å². The van der Waals surface area contributed by atoms with Gasteiger partial charge in [-0.1, -0.05) is 11.8 Å². The van der Waals surface area contributed by atoms with Crippen LogP contribution in [0.3, 0.4) is 0 Å². The zero-order valence-electron chi connectivity index (χ0n) is 15.3. The fraction of sp³-hybridized carbons (Fsp3) is 0.667. The van der Waals surface area contributed by atoms with Crippen molar-refractivity contribution in [1.29, 1.82) is 5.41 Å². The molecule has 1 heterocycles. The van der Waals surface area contributed by atoms with E-state index in [1.165, 1.54) is 13.8 Å². The van der Waals surface area contributed by atoms with Crippen LogP contribution in [-0.2, 0) is 38.1 Å². The molecule has 152 valence electrons. The van der Waals surface area contributed by atoms with E-state index in [2.05, 4.69) is 5.32 Å². The number of hydrogen-bond donors (Lipinski definition) is 3. The number of carbonyl (C=O) groups is 4. The maximum Gasteiger partial charge on any atom is 0.303 e. The fourth-order valence-electron chi connectivity index (χ4n) is 2.52. The molecule has 0 spiro atoms. The Hall–Kier alpha value is -2.34. The summed E-state index contributed by atoms with van der Waals surface area (Å²) >= 11 is 0.767. The first-order chi connectivity index (χ1) is 12.5. The third-order valence-electron chi connectivity index (χ3n) is 3.31. The second kappa shape index (κ2) is 10.1. The molecule has 0 radical (unpaired) electrons. The number of hydrogen-bond acceptors (Lipinski definition) is 10. The molecule has 1 fully saturated rings. The average molecular weight is 405 g/mol. The average Bonchev–Trinajstić information content (AvgIpc) is 2.49. The predicted molar refractivity (Wildman–Crippen MR) is 93.5 cm³/mol. The Morgan fingerprint density at radius 3 is 2.04 bits per heavy atom. The summed E-state index contributed by atoms with van der Waals surface area (Å²) in [7, 11) is 0. The van der Waals surface area contributed by atoms with Gasteiger partial charge in [0.1, 0.15) is 24.2 Å². The molecule has 11 nitrogen and oxygen atoms in total.